The quantitative estimate of drug-likeness (QED) is 0.946. The molecule has 2 amide bonds. The third-order valence-electron chi connectivity index (χ3n) is 3.56. The number of hydrogen-bond donors (Lipinski definition) is 1. The van der Waals surface area contributed by atoms with Crippen molar-refractivity contribution in [1.29, 1.82) is 0 Å². The molecule has 6 heteroatoms. The lowest BCUT2D eigenvalue weighted by molar-refractivity contribution is 0.249. The summed E-state index contributed by atoms with van der Waals surface area (Å²) in [5, 5.41) is 2.85. The third kappa shape index (κ3) is 3.11. The van der Waals surface area contributed by atoms with Crippen LogP contribution in [-0.2, 0) is 0 Å². The van der Waals surface area contributed by atoms with Gasteiger partial charge in [-0.1, -0.05) is 30.3 Å². The summed E-state index contributed by atoms with van der Waals surface area (Å²) in [5.41, 5.74) is 1.82. The lowest BCUT2D eigenvalue weighted by Gasteiger charge is -2.28. The fourth-order valence-electron chi connectivity index (χ4n) is 2.39. The van der Waals surface area contributed by atoms with Gasteiger partial charge in [0.25, 0.3) is 0 Å². The van der Waals surface area contributed by atoms with E-state index in [0.717, 1.165) is 11.4 Å². The molecule has 1 aliphatic rings. The van der Waals surface area contributed by atoms with Gasteiger partial charge in [-0.15, -0.1) is 0 Å². The first-order chi connectivity index (χ1) is 10.7. The number of carbonyl (C=O) groups excluding carboxylic acids is 1. The van der Waals surface area contributed by atoms with E-state index in [9.17, 15) is 4.79 Å². The minimum atomic E-state index is -0.194. The minimum Gasteiger partial charge on any atom is -0.296 e. The molecule has 0 saturated carbocycles. The average Bonchev–Trinajstić information content (AvgIpc) is 2.56. The number of nitrogens with one attached hydrogen (secondary N) is 1. The molecule has 1 aromatic heterocycles. The molecule has 3 rings (SSSR count). The summed E-state index contributed by atoms with van der Waals surface area (Å²) in [4.78, 5) is 26.3. The summed E-state index contributed by atoms with van der Waals surface area (Å²) in [6.07, 6.45) is 5.38. The van der Waals surface area contributed by atoms with E-state index in [1.54, 1.807) is 17.3 Å². The minimum absolute atomic E-state index is 0.0168. The normalized spacial score (nSPS) is 18.1. The lowest BCUT2D eigenvalue weighted by Crippen LogP contribution is -2.49. The van der Waals surface area contributed by atoms with Gasteiger partial charge in [0.2, 0.25) is 0 Å². The Bertz CT molecular complexity index is 671. The topological polar surface area (TPSA) is 70.5 Å². The number of amides is 2. The zero-order chi connectivity index (χ0) is 15.4. The summed E-state index contributed by atoms with van der Waals surface area (Å²) in [6.45, 7) is 2.59. The van der Waals surface area contributed by atoms with Crippen LogP contribution >= 0.6 is 0 Å². The molecule has 1 saturated heterocycles. The monoisotopic (exact) mass is 295 g/mol. The van der Waals surface area contributed by atoms with Crippen molar-refractivity contribution in [2.75, 3.05) is 11.4 Å². The summed E-state index contributed by atoms with van der Waals surface area (Å²) < 4.78 is 0. The van der Waals surface area contributed by atoms with Crippen molar-refractivity contribution in [3.8, 4) is 0 Å². The van der Waals surface area contributed by atoms with Crippen molar-refractivity contribution >= 4 is 17.6 Å². The highest BCUT2D eigenvalue weighted by molar-refractivity contribution is 6.07. The van der Waals surface area contributed by atoms with E-state index in [4.69, 9.17) is 0 Å². The van der Waals surface area contributed by atoms with Crippen LogP contribution < -0.4 is 10.2 Å². The van der Waals surface area contributed by atoms with Crippen LogP contribution in [0.4, 0.5) is 10.5 Å². The molecule has 0 aliphatic carbocycles. The van der Waals surface area contributed by atoms with Gasteiger partial charge in [-0.3, -0.25) is 15.2 Å². The van der Waals surface area contributed by atoms with Crippen molar-refractivity contribution in [3.63, 3.8) is 0 Å². The van der Waals surface area contributed by atoms with Crippen LogP contribution in [0.1, 0.15) is 24.9 Å². The second-order valence-corrected chi connectivity index (χ2v) is 5.09. The van der Waals surface area contributed by atoms with E-state index in [1.165, 1.54) is 6.33 Å². The Hall–Kier alpha value is -2.76. The molecule has 6 nitrogen and oxygen atoms in total. The van der Waals surface area contributed by atoms with Crippen LogP contribution in [-0.4, -0.2) is 28.4 Å². The maximum Gasteiger partial charge on any atom is 0.327 e. The second kappa shape index (κ2) is 6.34. The van der Waals surface area contributed by atoms with E-state index >= 15 is 0 Å². The molecule has 1 unspecified atom stereocenters. The Morgan fingerprint density at radius 1 is 1.23 bits per heavy atom. The number of urea groups is 1. The fraction of sp³-hybridized carbons (Fsp3) is 0.250. The van der Waals surface area contributed by atoms with Crippen LogP contribution in [0.25, 0.3) is 0 Å². The van der Waals surface area contributed by atoms with Gasteiger partial charge in [0.05, 0.1) is 24.1 Å². The van der Waals surface area contributed by atoms with Gasteiger partial charge in [0, 0.05) is 13.0 Å². The van der Waals surface area contributed by atoms with Crippen molar-refractivity contribution < 1.29 is 4.79 Å². The van der Waals surface area contributed by atoms with Crippen LogP contribution in [0, 0.1) is 0 Å². The number of anilines is 1. The Kier molecular flexibility index (Phi) is 4.09. The molecule has 1 aromatic carbocycles. The van der Waals surface area contributed by atoms with Crippen LogP contribution in [0.3, 0.4) is 0 Å². The summed E-state index contributed by atoms with van der Waals surface area (Å²) in [5.74, 6) is 0.717. The number of benzene rings is 1. The fourth-order valence-corrected chi connectivity index (χ4v) is 2.39. The summed E-state index contributed by atoms with van der Waals surface area (Å²) in [6, 6.07) is 9.85. The number of rotatable bonds is 3. The maximum absolute atomic E-state index is 12.2. The van der Waals surface area contributed by atoms with Gasteiger partial charge in [0.15, 0.2) is 0 Å². The molecular weight excluding hydrogens is 278 g/mol. The first-order valence-corrected chi connectivity index (χ1v) is 7.19. The molecule has 1 aliphatic heterocycles. The molecule has 112 valence electrons. The van der Waals surface area contributed by atoms with E-state index in [0.29, 0.717) is 18.7 Å². The molecule has 0 spiro atoms. The average molecular weight is 295 g/mol. The highest BCUT2D eigenvalue weighted by Crippen LogP contribution is 2.18. The smallest absolute Gasteiger partial charge is 0.296 e. The van der Waals surface area contributed by atoms with Crippen LogP contribution in [0.15, 0.2) is 54.0 Å². The number of hydrogen-bond acceptors (Lipinski definition) is 4. The number of nitrogens with zero attached hydrogens (tertiary/aromatic N) is 4. The van der Waals surface area contributed by atoms with Gasteiger partial charge in [0.1, 0.15) is 12.2 Å². The standard InChI is InChI=1S/C16H17N5O/c1-12(13-5-3-2-4-6-13)19-15-7-8-21(16(22)20-15)14-9-17-11-18-10-14/h2-6,9-12H,7-8H2,1H3,(H,19,20,22). The Labute approximate surface area is 128 Å². The molecular formula is C16H17N5O. The Balaban J connectivity index is 1.70. The third-order valence-corrected chi connectivity index (χ3v) is 3.56. The Morgan fingerprint density at radius 2 is 1.95 bits per heavy atom. The molecule has 0 radical (unpaired) electrons. The molecule has 22 heavy (non-hydrogen) atoms. The van der Waals surface area contributed by atoms with Crippen molar-refractivity contribution in [2.45, 2.75) is 19.4 Å². The van der Waals surface area contributed by atoms with Crippen molar-refractivity contribution in [1.82, 2.24) is 15.3 Å². The van der Waals surface area contributed by atoms with Gasteiger partial charge < -0.3 is 0 Å². The number of aromatic nitrogens is 2. The SMILES string of the molecule is CC(N=C1CCN(c2cncnc2)C(=O)N1)c1ccccc1. The molecule has 2 aromatic rings. The molecule has 2 heterocycles. The molecule has 1 fully saturated rings. The molecule has 1 N–H and O–H groups in total. The summed E-state index contributed by atoms with van der Waals surface area (Å²) >= 11 is 0. The van der Waals surface area contributed by atoms with Crippen LogP contribution in [0.5, 0.6) is 0 Å². The summed E-state index contributed by atoms with van der Waals surface area (Å²) in [7, 11) is 0. The van der Waals surface area contributed by atoms with E-state index < -0.39 is 0 Å². The van der Waals surface area contributed by atoms with Crippen LogP contribution in [0.2, 0.25) is 0 Å². The number of aliphatic imine (C=N–C) groups is 1. The highest BCUT2D eigenvalue weighted by atomic mass is 16.2. The lowest BCUT2D eigenvalue weighted by atomic mass is 10.1. The predicted octanol–water partition coefficient (Wildman–Crippen LogP) is 2.56. The first kappa shape index (κ1) is 14.2. The Morgan fingerprint density at radius 3 is 2.64 bits per heavy atom. The van der Waals surface area contributed by atoms with E-state index in [1.807, 2.05) is 37.3 Å². The van der Waals surface area contributed by atoms with Gasteiger partial charge in [-0.25, -0.2) is 14.8 Å². The number of carbonyl (C=O) groups is 1. The van der Waals surface area contributed by atoms with E-state index in [-0.39, 0.29) is 12.1 Å². The van der Waals surface area contributed by atoms with Crippen molar-refractivity contribution in [3.05, 3.63) is 54.6 Å². The van der Waals surface area contributed by atoms with Gasteiger partial charge in [-0.05, 0) is 12.5 Å². The van der Waals surface area contributed by atoms with E-state index in [2.05, 4.69) is 20.3 Å². The second-order valence-electron chi connectivity index (χ2n) is 5.09. The number of amidine groups is 1. The van der Waals surface area contributed by atoms with Gasteiger partial charge >= 0.3 is 6.03 Å². The predicted molar refractivity (Wildman–Crippen MR) is 84.8 cm³/mol. The molecule has 1 atom stereocenters. The zero-order valence-electron chi connectivity index (χ0n) is 12.3. The first-order valence-electron chi connectivity index (χ1n) is 7.19. The highest BCUT2D eigenvalue weighted by Gasteiger charge is 2.23. The van der Waals surface area contributed by atoms with Gasteiger partial charge in [-0.2, -0.15) is 0 Å². The van der Waals surface area contributed by atoms with Crippen molar-refractivity contribution in [2.24, 2.45) is 4.99 Å². The molecule has 0 bridgehead atoms. The largest absolute Gasteiger partial charge is 0.327 e. The maximum atomic E-state index is 12.2. The zero-order valence-corrected chi connectivity index (χ0v) is 12.3.